The van der Waals surface area contributed by atoms with Gasteiger partial charge in [0.05, 0.1) is 12.8 Å². The topological polar surface area (TPSA) is 74.6 Å². The van der Waals surface area contributed by atoms with Crippen LogP contribution in [0.4, 0.5) is 0 Å². The van der Waals surface area contributed by atoms with Crippen molar-refractivity contribution in [3.8, 4) is 0 Å². The van der Waals surface area contributed by atoms with E-state index in [1.807, 2.05) is 12.1 Å². The van der Waals surface area contributed by atoms with Crippen LogP contribution in [0.2, 0.25) is 0 Å². The van der Waals surface area contributed by atoms with Crippen molar-refractivity contribution in [3.05, 3.63) is 34.9 Å². The Morgan fingerprint density at radius 1 is 0.950 bits per heavy atom. The molecule has 1 aromatic rings. The van der Waals surface area contributed by atoms with E-state index >= 15 is 0 Å². The maximum atomic E-state index is 11.0. The van der Waals surface area contributed by atoms with Crippen molar-refractivity contribution < 1.29 is 19.8 Å². The molecule has 0 saturated heterocycles. The largest absolute Gasteiger partial charge is 0.481 e. The fourth-order valence-electron chi connectivity index (χ4n) is 2.37. The molecule has 0 atom stereocenters. The number of hydrogen-bond donors (Lipinski definition) is 2. The van der Waals surface area contributed by atoms with Crippen molar-refractivity contribution in [2.45, 2.75) is 51.9 Å². The third kappa shape index (κ3) is 5.43. The summed E-state index contributed by atoms with van der Waals surface area (Å²) in [6.07, 6.45) is 5.04. The molecule has 1 rings (SSSR count). The summed E-state index contributed by atoms with van der Waals surface area (Å²) < 4.78 is 0. The highest BCUT2D eigenvalue weighted by Crippen LogP contribution is 2.19. The summed E-state index contributed by atoms with van der Waals surface area (Å²) in [4.78, 5) is 21.9. The summed E-state index contributed by atoms with van der Waals surface area (Å²) in [6.45, 7) is 2.14. The van der Waals surface area contributed by atoms with E-state index < -0.39 is 11.9 Å². The number of rotatable bonds is 9. The lowest BCUT2D eigenvalue weighted by atomic mass is 9.93. The number of benzene rings is 1. The normalized spacial score (nSPS) is 10.4. The highest BCUT2D eigenvalue weighted by Gasteiger charge is 2.13. The number of unbranched alkanes of at least 4 members (excludes halogenated alkanes) is 3. The van der Waals surface area contributed by atoms with Crippen LogP contribution in [-0.2, 0) is 28.9 Å². The standard InChI is InChI=1S/C16H22O4/c1-2-3-4-5-7-12-8-6-9-13(10-15(17)18)14(12)11-16(19)20/h6,8-9H,2-5,7,10-11H2,1H3,(H,17,18)(H,19,20). The zero-order valence-corrected chi connectivity index (χ0v) is 11.9. The molecule has 0 aliphatic rings. The average molecular weight is 278 g/mol. The minimum absolute atomic E-state index is 0.105. The minimum Gasteiger partial charge on any atom is -0.481 e. The number of aryl methyl sites for hydroxylation is 1. The van der Waals surface area contributed by atoms with E-state index in [0.717, 1.165) is 31.2 Å². The maximum absolute atomic E-state index is 11.0. The van der Waals surface area contributed by atoms with Crippen molar-refractivity contribution in [3.63, 3.8) is 0 Å². The van der Waals surface area contributed by atoms with Crippen LogP contribution < -0.4 is 0 Å². The summed E-state index contributed by atoms with van der Waals surface area (Å²) in [5.74, 6) is -1.85. The monoisotopic (exact) mass is 278 g/mol. The van der Waals surface area contributed by atoms with Crippen molar-refractivity contribution in [2.24, 2.45) is 0 Å². The van der Waals surface area contributed by atoms with E-state index in [0.29, 0.717) is 11.1 Å². The number of aliphatic carboxylic acids is 2. The van der Waals surface area contributed by atoms with E-state index in [1.165, 1.54) is 6.42 Å². The molecule has 0 heterocycles. The molecule has 1 aromatic carbocycles. The Labute approximate surface area is 119 Å². The molecule has 0 aliphatic heterocycles. The van der Waals surface area contributed by atoms with Gasteiger partial charge < -0.3 is 10.2 Å². The van der Waals surface area contributed by atoms with Gasteiger partial charge in [-0.05, 0) is 29.5 Å². The van der Waals surface area contributed by atoms with Gasteiger partial charge in [0, 0.05) is 0 Å². The van der Waals surface area contributed by atoms with Crippen LogP contribution in [0.1, 0.15) is 49.3 Å². The second kappa shape index (κ2) is 8.35. The minimum atomic E-state index is -0.931. The molecule has 2 N–H and O–H groups in total. The first-order chi connectivity index (χ1) is 9.54. The van der Waals surface area contributed by atoms with Crippen LogP contribution in [0, 0.1) is 0 Å². The molecule has 0 aliphatic carbocycles. The van der Waals surface area contributed by atoms with Crippen LogP contribution >= 0.6 is 0 Å². The first-order valence-corrected chi connectivity index (χ1v) is 7.07. The fraction of sp³-hybridized carbons (Fsp3) is 0.500. The van der Waals surface area contributed by atoms with Crippen LogP contribution in [-0.4, -0.2) is 22.2 Å². The van der Waals surface area contributed by atoms with E-state index in [4.69, 9.17) is 10.2 Å². The lowest BCUT2D eigenvalue weighted by molar-refractivity contribution is -0.137. The first kappa shape index (κ1) is 16.2. The van der Waals surface area contributed by atoms with Gasteiger partial charge in [0.25, 0.3) is 0 Å². The summed E-state index contributed by atoms with van der Waals surface area (Å²) >= 11 is 0. The van der Waals surface area contributed by atoms with E-state index in [1.54, 1.807) is 6.07 Å². The van der Waals surface area contributed by atoms with Gasteiger partial charge in [-0.15, -0.1) is 0 Å². The second-order valence-electron chi connectivity index (χ2n) is 5.01. The van der Waals surface area contributed by atoms with E-state index in [2.05, 4.69) is 6.92 Å². The molecule has 0 aromatic heterocycles. The highest BCUT2D eigenvalue weighted by molar-refractivity contribution is 5.75. The van der Waals surface area contributed by atoms with Gasteiger partial charge in [0.15, 0.2) is 0 Å². The zero-order chi connectivity index (χ0) is 15.0. The van der Waals surface area contributed by atoms with Gasteiger partial charge in [0.2, 0.25) is 0 Å². The van der Waals surface area contributed by atoms with Crippen LogP contribution in [0.15, 0.2) is 18.2 Å². The van der Waals surface area contributed by atoms with Gasteiger partial charge in [-0.25, -0.2) is 0 Å². The summed E-state index contributed by atoms with van der Waals surface area (Å²) in [5.41, 5.74) is 2.27. The Kier molecular flexibility index (Phi) is 6.77. The van der Waals surface area contributed by atoms with Crippen molar-refractivity contribution in [1.29, 1.82) is 0 Å². The molecule has 4 heteroatoms. The smallest absolute Gasteiger partial charge is 0.307 e. The lowest BCUT2D eigenvalue weighted by Gasteiger charge is -2.12. The summed E-state index contributed by atoms with van der Waals surface area (Å²) in [5, 5.41) is 17.9. The summed E-state index contributed by atoms with van der Waals surface area (Å²) in [6, 6.07) is 5.44. The number of carboxylic acids is 2. The predicted molar refractivity (Wildman–Crippen MR) is 77.0 cm³/mol. The Hall–Kier alpha value is -1.84. The second-order valence-corrected chi connectivity index (χ2v) is 5.01. The summed E-state index contributed by atoms with van der Waals surface area (Å²) in [7, 11) is 0. The quantitative estimate of drug-likeness (QED) is 0.681. The van der Waals surface area contributed by atoms with Gasteiger partial charge in [-0.2, -0.15) is 0 Å². The Bertz CT molecular complexity index is 466. The molecule has 0 fully saturated rings. The van der Waals surface area contributed by atoms with Crippen LogP contribution in [0.5, 0.6) is 0 Å². The van der Waals surface area contributed by atoms with Crippen molar-refractivity contribution >= 4 is 11.9 Å². The highest BCUT2D eigenvalue weighted by atomic mass is 16.4. The Morgan fingerprint density at radius 2 is 1.60 bits per heavy atom. The zero-order valence-electron chi connectivity index (χ0n) is 11.9. The average Bonchev–Trinajstić information content (AvgIpc) is 2.37. The van der Waals surface area contributed by atoms with E-state index in [-0.39, 0.29) is 12.8 Å². The number of carbonyl (C=O) groups is 2. The molecule has 0 spiro atoms. The molecule has 0 bridgehead atoms. The molecular weight excluding hydrogens is 256 g/mol. The van der Waals surface area contributed by atoms with Crippen LogP contribution in [0.25, 0.3) is 0 Å². The van der Waals surface area contributed by atoms with Crippen molar-refractivity contribution in [2.75, 3.05) is 0 Å². The fourth-order valence-corrected chi connectivity index (χ4v) is 2.37. The Morgan fingerprint density at radius 3 is 2.20 bits per heavy atom. The molecule has 0 saturated carbocycles. The van der Waals surface area contributed by atoms with Gasteiger partial charge in [0.1, 0.15) is 0 Å². The molecule has 20 heavy (non-hydrogen) atoms. The van der Waals surface area contributed by atoms with Crippen LogP contribution in [0.3, 0.4) is 0 Å². The third-order valence-corrected chi connectivity index (χ3v) is 3.34. The lowest BCUT2D eigenvalue weighted by Crippen LogP contribution is -2.10. The molecule has 0 radical (unpaired) electrons. The predicted octanol–water partition coefficient (Wildman–Crippen LogP) is 3.06. The molecular formula is C16H22O4. The number of carboxylic acid groups (broad SMARTS) is 2. The van der Waals surface area contributed by atoms with Gasteiger partial charge in [-0.3, -0.25) is 9.59 Å². The first-order valence-electron chi connectivity index (χ1n) is 7.07. The van der Waals surface area contributed by atoms with E-state index in [9.17, 15) is 9.59 Å². The SMILES string of the molecule is CCCCCCc1cccc(CC(=O)O)c1CC(=O)O. The molecule has 0 unspecified atom stereocenters. The number of hydrogen-bond acceptors (Lipinski definition) is 2. The van der Waals surface area contributed by atoms with Crippen molar-refractivity contribution in [1.82, 2.24) is 0 Å². The maximum Gasteiger partial charge on any atom is 0.307 e. The van der Waals surface area contributed by atoms with Gasteiger partial charge >= 0.3 is 11.9 Å². The molecule has 4 nitrogen and oxygen atoms in total. The van der Waals surface area contributed by atoms with Gasteiger partial charge in [-0.1, -0.05) is 44.4 Å². The Balaban J connectivity index is 2.90. The third-order valence-electron chi connectivity index (χ3n) is 3.34. The molecule has 110 valence electrons. The molecule has 0 amide bonds.